The molecule has 12 nitrogen and oxygen atoms in total. The van der Waals surface area contributed by atoms with Crippen molar-refractivity contribution in [1.82, 2.24) is 14.9 Å². The summed E-state index contributed by atoms with van der Waals surface area (Å²) in [7, 11) is 5.18. The Labute approximate surface area is 251 Å². The monoisotopic (exact) mass is 618 g/mol. The number of imidazole rings is 1. The van der Waals surface area contributed by atoms with Gasteiger partial charge in [0.2, 0.25) is 5.82 Å². The van der Waals surface area contributed by atoms with Crippen LogP contribution in [0.1, 0.15) is 21.0 Å². The minimum absolute atomic E-state index is 0.0819. The maximum Gasteiger partial charge on any atom is 0.291 e. The van der Waals surface area contributed by atoms with E-state index in [1.165, 1.54) is 48.1 Å². The lowest BCUT2D eigenvalue weighted by Crippen LogP contribution is -2.48. The summed E-state index contributed by atoms with van der Waals surface area (Å²) in [5.41, 5.74) is 5.64. The van der Waals surface area contributed by atoms with Crippen molar-refractivity contribution >= 4 is 35.0 Å². The van der Waals surface area contributed by atoms with Crippen LogP contribution in [0, 0.1) is 23.0 Å². The number of ether oxygens (including phenoxy) is 2. The van der Waals surface area contributed by atoms with Crippen molar-refractivity contribution in [3.05, 3.63) is 64.6 Å². The van der Waals surface area contributed by atoms with Crippen LogP contribution in [0.3, 0.4) is 0 Å². The Kier molecular flexibility index (Phi) is 11.1. The van der Waals surface area contributed by atoms with Crippen molar-refractivity contribution < 1.29 is 37.1 Å². The summed E-state index contributed by atoms with van der Waals surface area (Å²) in [5.74, 6) is -4.51. The van der Waals surface area contributed by atoms with Gasteiger partial charge in [0, 0.05) is 24.8 Å². The molecule has 0 spiro atoms. The number of likely N-dealkylation sites (N-methyl/N-ethyl adjacent to an activating group) is 1. The van der Waals surface area contributed by atoms with Crippen LogP contribution in [0.4, 0.5) is 14.5 Å². The molecule has 3 rings (SSSR count). The lowest BCUT2D eigenvalue weighted by molar-refractivity contribution is -0.882. The van der Waals surface area contributed by atoms with E-state index in [9.17, 15) is 23.2 Å². The normalized spacial score (nSPS) is 11.1. The molecule has 43 heavy (non-hydrogen) atoms. The van der Waals surface area contributed by atoms with Crippen molar-refractivity contribution in [1.29, 1.82) is 5.26 Å². The molecule has 15 heteroatoms. The molecular formula is C28H31ClF2N7O5+. The fourth-order valence-electron chi connectivity index (χ4n) is 4.03. The Morgan fingerprint density at radius 1 is 1.14 bits per heavy atom. The van der Waals surface area contributed by atoms with Crippen molar-refractivity contribution in [3.8, 4) is 23.1 Å². The van der Waals surface area contributed by atoms with Crippen LogP contribution in [-0.2, 0) is 16.6 Å². The van der Waals surface area contributed by atoms with E-state index < -0.39 is 41.7 Å². The molecule has 4 N–H and O–H groups in total. The van der Waals surface area contributed by atoms with E-state index in [-0.39, 0.29) is 53.1 Å². The highest BCUT2D eigenvalue weighted by molar-refractivity contribution is 6.34. The van der Waals surface area contributed by atoms with Gasteiger partial charge in [0.15, 0.2) is 30.5 Å². The Morgan fingerprint density at radius 2 is 1.88 bits per heavy atom. The number of amides is 3. The van der Waals surface area contributed by atoms with Crippen LogP contribution in [-0.4, -0.2) is 85.3 Å². The number of hydrogen-bond donors (Lipinski definition) is 3. The Hall–Kier alpha value is -4.58. The number of nitrogens with zero attached hydrogens (tertiary/aromatic N) is 4. The van der Waals surface area contributed by atoms with Gasteiger partial charge in [-0.2, -0.15) is 9.65 Å². The highest BCUT2D eigenvalue weighted by Crippen LogP contribution is 2.30. The number of nitrogens with two attached hydrogens (primary N) is 1. The standard InChI is InChI=1S/C28H30ClF2N7O5/c1-37-21(19-6-7-22(43-11-8-32)25(31)24(19)30)15-35-26(37)28(41)36-17-4-5-18(20(29)14-17)27(40)34-9-12-42-13-10-38(2,3)16-23(33)39/h4-7,14-15H,9-13,16H2,1-3H3,(H3-,33,34,36,39,40,41)/p+1. The van der Waals surface area contributed by atoms with Crippen LogP contribution < -0.4 is 21.1 Å². The fourth-order valence-corrected chi connectivity index (χ4v) is 4.30. The minimum Gasteiger partial charge on any atom is -0.476 e. The molecule has 0 bridgehead atoms. The first-order valence-electron chi connectivity index (χ1n) is 12.9. The summed E-state index contributed by atoms with van der Waals surface area (Å²) in [6.07, 6.45) is 1.22. The molecule has 0 atom stereocenters. The van der Waals surface area contributed by atoms with Gasteiger partial charge in [0.05, 0.1) is 49.8 Å². The minimum atomic E-state index is -1.27. The highest BCUT2D eigenvalue weighted by atomic mass is 35.5. The van der Waals surface area contributed by atoms with Gasteiger partial charge in [0.25, 0.3) is 17.7 Å². The maximum absolute atomic E-state index is 14.7. The van der Waals surface area contributed by atoms with Crippen molar-refractivity contribution in [2.24, 2.45) is 12.8 Å². The first-order valence-corrected chi connectivity index (χ1v) is 13.3. The third-order valence-corrected chi connectivity index (χ3v) is 6.55. The Balaban J connectivity index is 1.57. The van der Waals surface area contributed by atoms with E-state index in [2.05, 4.69) is 15.6 Å². The van der Waals surface area contributed by atoms with Crippen LogP contribution in [0.2, 0.25) is 5.02 Å². The lowest BCUT2D eigenvalue weighted by atomic mass is 10.1. The summed E-state index contributed by atoms with van der Waals surface area (Å²) in [6.45, 7) is 1.15. The lowest BCUT2D eigenvalue weighted by Gasteiger charge is -2.27. The summed E-state index contributed by atoms with van der Waals surface area (Å²) in [5, 5.41) is 14.0. The number of halogens is 3. The molecule has 0 saturated heterocycles. The van der Waals surface area contributed by atoms with E-state index >= 15 is 0 Å². The van der Waals surface area contributed by atoms with Gasteiger partial charge >= 0.3 is 0 Å². The molecule has 0 radical (unpaired) electrons. The van der Waals surface area contributed by atoms with E-state index in [0.29, 0.717) is 17.6 Å². The van der Waals surface area contributed by atoms with Crippen LogP contribution in [0.25, 0.3) is 11.3 Å². The zero-order chi connectivity index (χ0) is 31.7. The molecule has 0 saturated carbocycles. The number of rotatable bonds is 14. The van der Waals surface area contributed by atoms with Gasteiger partial charge in [-0.25, -0.2) is 9.37 Å². The van der Waals surface area contributed by atoms with Crippen LogP contribution in [0.5, 0.6) is 5.75 Å². The van der Waals surface area contributed by atoms with E-state index in [1.807, 2.05) is 14.1 Å². The second-order valence-corrected chi connectivity index (χ2v) is 10.4. The van der Waals surface area contributed by atoms with Gasteiger partial charge in [-0.1, -0.05) is 11.6 Å². The third kappa shape index (κ3) is 8.71. The average molecular weight is 619 g/mol. The number of nitriles is 1. The van der Waals surface area contributed by atoms with E-state index in [0.717, 1.165) is 0 Å². The molecule has 0 aliphatic rings. The molecule has 3 amide bonds. The van der Waals surface area contributed by atoms with E-state index in [4.69, 9.17) is 32.1 Å². The molecule has 0 unspecified atom stereocenters. The number of carbonyl (C=O) groups is 3. The summed E-state index contributed by atoms with van der Waals surface area (Å²) in [6, 6.07) is 8.42. The number of nitrogens with one attached hydrogen (secondary N) is 2. The number of benzene rings is 2. The van der Waals surface area contributed by atoms with Gasteiger partial charge in [0.1, 0.15) is 12.6 Å². The smallest absolute Gasteiger partial charge is 0.291 e. The topological polar surface area (TPSA) is 161 Å². The summed E-state index contributed by atoms with van der Waals surface area (Å²) >= 11 is 6.29. The Bertz CT molecular complexity index is 1550. The molecule has 2 aromatic carbocycles. The largest absolute Gasteiger partial charge is 0.476 e. The number of aromatic nitrogens is 2. The molecule has 228 valence electrons. The van der Waals surface area contributed by atoms with Crippen molar-refractivity contribution in [2.75, 3.05) is 58.9 Å². The number of primary amides is 1. The molecule has 1 aromatic heterocycles. The summed E-state index contributed by atoms with van der Waals surface area (Å²) in [4.78, 5) is 40.6. The maximum atomic E-state index is 14.7. The number of hydrogen-bond acceptors (Lipinski definition) is 7. The fraction of sp³-hybridized carbons (Fsp3) is 0.321. The Morgan fingerprint density at radius 3 is 2.56 bits per heavy atom. The quantitative estimate of drug-likeness (QED) is 0.185. The van der Waals surface area contributed by atoms with Crippen LogP contribution in [0.15, 0.2) is 36.5 Å². The van der Waals surface area contributed by atoms with Crippen molar-refractivity contribution in [3.63, 3.8) is 0 Å². The number of quaternary nitrogens is 1. The van der Waals surface area contributed by atoms with Gasteiger partial charge in [-0.3, -0.25) is 14.4 Å². The summed E-state index contributed by atoms with van der Waals surface area (Å²) < 4.78 is 41.2. The highest BCUT2D eigenvalue weighted by Gasteiger charge is 2.22. The predicted molar refractivity (Wildman–Crippen MR) is 153 cm³/mol. The van der Waals surface area contributed by atoms with Gasteiger partial charge < -0.3 is 34.9 Å². The van der Waals surface area contributed by atoms with Gasteiger partial charge in [-0.05, 0) is 30.3 Å². The average Bonchev–Trinajstić information content (AvgIpc) is 3.31. The first kappa shape index (κ1) is 32.9. The predicted octanol–water partition coefficient (Wildman–Crippen LogP) is 2.48. The number of carbonyl (C=O) groups excluding carboxylic acids is 3. The zero-order valence-corrected chi connectivity index (χ0v) is 24.5. The van der Waals surface area contributed by atoms with Gasteiger partial charge in [-0.15, -0.1) is 0 Å². The SMILES string of the molecule is Cn1c(-c2ccc(OCC#N)c(F)c2F)cnc1C(=O)Nc1ccc(C(=O)NCCOCC[N+](C)(C)CC(N)=O)c(Cl)c1. The molecular weight excluding hydrogens is 588 g/mol. The molecule has 0 aliphatic heterocycles. The molecule has 0 fully saturated rings. The van der Waals surface area contributed by atoms with Crippen LogP contribution >= 0.6 is 11.6 Å². The zero-order valence-electron chi connectivity index (χ0n) is 23.7. The first-order chi connectivity index (χ1) is 20.3. The second-order valence-electron chi connectivity index (χ2n) is 10.0. The second kappa shape index (κ2) is 14.5. The van der Waals surface area contributed by atoms with E-state index in [1.54, 1.807) is 6.07 Å². The third-order valence-electron chi connectivity index (χ3n) is 6.23. The molecule has 0 aliphatic carbocycles. The number of anilines is 1. The van der Waals surface area contributed by atoms with Crippen molar-refractivity contribution in [2.45, 2.75) is 0 Å². The molecule has 3 aromatic rings. The molecule has 1 heterocycles.